The number of methoxy groups -OCH3 is 1. The molecular weight excluding hydrogens is 426 g/mol. The summed E-state index contributed by atoms with van der Waals surface area (Å²) in [4.78, 5) is 38.1. The van der Waals surface area contributed by atoms with Gasteiger partial charge in [-0.3, -0.25) is 14.5 Å². The fraction of sp³-hybridized carbons (Fsp3) is 0.250. The lowest BCUT2D eigenvalue weighted by atomic mass is 10.1. The Morgan fingerprint density at radius 1 is 1.33 bits per heavy atom. The van der Waals surface area contributed by atoms with Crippen molar-refractivity contribution in [3.63, 3.8) is 0 Å². The first-order valence-electron chi connectivity index (χ1n) is 9.04. The largest absolute Gasteiger partial charge is 0.465 e. The summed E-state index contributed by atoms with van der Waals surface area (Å²) in [5.41, 5.74) is 1.20. The topological polar surface area (TPSA) is 102 Å². The molecule has 1 aromatic heterocycles. The Balaban J connectivity index is 1.54. The lowest BCUT2D eigenvalue weighted by Crippen LogP contribution is -2.29. The molecule has 2 amide bonds. The minimum atomic E-state index is -0.421. The molecule has 1 aliphatic rings. The number of anilines is 1. The number of ether oxygens (including phenoxy) is 1. The molecule has 1 aromatic carbocycles. The van der Waals surface area contributed by atoms with E-state index in [1.807, 2.05) is 0 Å². The highest BCUT2D eigenvalue weighted by Gasteiger charge is 2.31. The third-order valence-electron chi connectivity index (χ3n) is 4.18. The number of hydrogen-bond acceptors (Lipinski definition) is 8. The minimum Gasteiger partial charge on any atom is -0.465 e. The van der Waals surface area contributed by atoms with Crippen molar-refractivity contribution in [2.75, 3.05) is 19.0 Å². The van der Waals surface area contributed by atoms with Gasteiger partial charge in [-0.2, -0.15) is 0 Å². The van der Waals surface area contributed by atoms with Crippen LogP contribution in [0.3, 0.4) is 0 Å². The maximum Gasteiger partial charge on any atom is 0.337 e. The fourth-order valence-corrected chi connectivity index (χ4v) is 4.01. The van der Waals surface area contributed by atoms with E-state index in [2.05, 4.69) is 15.2 Å². The molecule has 0 aliphatic carbocycles. The minimum absolute atomic E-state index is 0.199. The van der Waals surface area contributed by atoms with Crippen LogP contribution in [-0.2, 0) is 14.3 Å². The summed E-state index contributed by atoms with van der Waals surface area (Å²) in [5.74, 6) is 0.138. The number of esters is 1. The van der Waals surface area contributed by atoms with Crippen LogP contribution in [-0.4, -0.2) is 45.8 Å². The number of carbonyl (C=O) groups excluding carboxylic acids is 3. The molecule has 1 saturated heterocycles. The van der Waals surface area contributed by atoms with Gasteiger partial charge in [0, 0.05) is 19.0 Å². The van der Waals surface area contributed by atoms with Crippen LogP contribution in [0.4, 0.5) is 5.82 Å². The Labute approximate surface area is 182 Å². The zero-order valence-electron chi connectivity index (χ0n) is 16.3. The Bertz CT molecular complexity index is 1010. The van der Waals surface area contributed by atoms with Gasteiger partial charge in [0.25, 0.3) is 5.91 Å². The van der Waals surface area contributed by atoms with E-state index >= 15 is 0 Å². The van der Waals surface area contributed by atoms with Crippen LogP contribution in [0.15, 0.2) is 39.8 Å². The number of aromatic nitrogens is 1. The first-order valence-corrected chi connectivity index (χ1v) is 10.3. The van der Waals surface area contributed by atoms with Gasteiger partial charge in [-0.25, -0.2) is 4.79 Å². The average molecular weight is 446 g/mol. The molecule has 8 nitrogen and oxygen atoms in total. The first kappa shape index (κ1) is 21.7. The number of thioether (sulfide) groups is 1. The van der Waals surface area contributed by atoms with E-state index in [0.717, 1.165) is 5.56 Å². The second-order valence-corrected chi connectivity index (χ2v) is 8.10. The molecule has 1 fully saturated rings. The molecule has 0 unspecified atom stereocenters. The number of nitrogens with one attached hydrogen (secondary N) is 1. The van der Waals surface area contributed by atoms with E-state index in [4.69, 9.17) is 16.7 Å². The summed E-state index contributed by atoms with van der Waals surface area (Å²) < 4.78 is 10.0. The Morgan fingerprint density at radius 2 is 2.07 bits per heavy atom. The van der Waals surface area contributed by atoms with E-state index in [1.54, 1.807) is 43.3 Å². The number of aryl methyl sites for hydroxylation is 1. The lowest BCUT2D eigenvalue weighted by molar-refractivity contribution is -0.122. The second-order valence-electron chi connectivity index (χ2n) is 6.42. The quantitative estimate of drug-likeness (QED) is 0.393. The molecule has 0 radical (unpaired) electrons. The molecule has 10 heteroatoms. The van der Waals surface area contributed by atoms with Crippen LogP contribution < -0.4 is 5.32 Å². The molecule has 30 heavy (non-hydrogen) atoms. The zero-order chi connectivity index (χ0) is 21.7. The van der Waals surface area contributed by atoms with Crippen LogP contribution in [0.25, 0.3) is 6.08 Å². The van der Waals surface area contributed by atoms with Gasteiger partial charge in [-0.05, 0) is 37.1 Å². The third kappa shape index (κ3) is 5.33. The molecule has 3 rings (SSSR count). The summed E-state index contributed by atoms with van der Waals surface area (Å²) in [5, 5.41) is 6.35. The Hall–Kier alpha value is -2.98. The van der Waals surface area contributed by atoms with E-state index in [0.29, 0.717) is 39.3 Å². The van der Waals surface area contributed by atoms with Crippen molar-refractivity contribution in [2.45, 2.75) is 19.8 Å². The van der Waals surface area contributed by atoms with E-state index in [1.165, 1.54) is 23.8 Å². The molecule has 0 atom stereocenters. The summed E-state index contributed by atoms with van der Waals surface area (Å²) in [6.07, 6.45) is 2.40. The summed E-state index contributed by atoms with van der Waals surface area (Å²) >= 11 is 6.52. The number of thiocarbonyl (C=S) groups is 1. The van der Waals surface area contributed by atoms with Crippen LogP contribution in [0.5, 0.6) is 0 Å². The molecule has 2 aromatic rings. The maximum atomic E-state index is 12.7. The molecule has 1 aliphatic heterocycles. The van der Waals surface area contributed by atoms with Crippen molar-refractivity contribution < 1.29 is 23.6 Å². The normalized spacial score (nSPS) is 15.0. The van der Waals surface area contributed by atoms with Crippen LogP contribution in [0, 0.1) is 6.92 Å². The second kappa shape index (κ2) is 9.68. The lowest BCUT2D eigenvalue weighted by Gasteiger charge is -2.13. The van der Waals surface area contributed by atoms with Crippen LogP contribution in [0.1, 0.15) is 34.5 Å². The highest BCUT2D eigenvalue weighted by Crippen LogP contribution is 2.32. The Morgan fingerprint density at radius 3 is 2.70 bits per heavy atom. The van der Waals surface area contributed by atoms with Gasteiger partial charge >= 0.3 is 5.97 Å². The average Bonchev–Trinajstić information content (AvgIpc) is 3.25. The monoisotopic (exact) mass is 445 g/mol. The molecule has 156 valence electrons. The first-order chi connectivity index (χ1) is 14.4. The van der Waals surface area contributed by atoms with Crippen LogP contribution >= 0.6 is 24.0 Å². The summed E-state index contributed by atoms with van der Waals surface area (Å²) in [6, 6.07) is 8.35. The number of rotatable bonds is 7. The molecular formula is C20H19N3O5S2. The van der Waals surface area contributed by atoms with Crippen molar-refractivity contribution in [2.24, 2.45) is 0 Å². The van der Waals surface area contributed by atoms with Gasteiger partial charge in [0.1, 0.15) is 10.1 Å². The van der Waals surface area contributed by atoms with Crippen molar-refractivity contribution >= 4 is 58.0 Å². The van der Waals surface area contributed by atoms with Gasteiger partial charge in [-0.1, -0.05) is 41.3 Å². The van der Waals surface area contributed by atoms with Crippen molar-refractivity contribution in [3.05, 3.63) is 52.1 Å². The van der Waals surface area contributed by atoms with Crippen molar-refractivity contribution in [3.8, 4) is 0 Å². The molecule has 0 saturated carbocycles. The number of hydrogen-bond donors (Lipinski definition) is 1. The standard InChI is InChI=1S/C20H19N3O5S2/c1-12-10-16(22-28-12)21-17(24)4-3-9-23-18(25)15(30-20(23)29)11-13-5-7-14(8-6-13)19(26)27-2/h5-8,10-11H,3-4,9H2,1-2H3,(H,21,22,24). The predicted molar refractivity (Wildman–Crippen MR) is 117 cm³/mol. The number of carbonyl (C=O) groups is 3. The van der Waals surface area contributed by atoms with Gasteiger partial charge in [0.15, 0.2) is 5.82 Å². The number of benzene rings is 1. The summed E-state index contributed by atoms with van der Waals surface area (Å²) in [7, 11) is 1.32. The SMILES string of the molecule is COC(=O)c1ccc(C=C2SC(=S)N(CCCC(=O)Nc3cc(C)on3)C2=O)cc1. The van der Waals surface area contributed by atoms with Crippen LogP contribution in [0.2, 0.25) is 0 Å². The van der Waals surface area contributed by atoms with Gasteiger partial charge in [0.05, 0.1) is 17.6 Å². The van der Waals surface area contributed by atoms with Crippen molar-refractivity contribution in [1.29, 1.82) is 0 Å². The number of amides is 2. The molecule has 0 bridgehead atoms. The Kier molecular flexibility index (Phi) is 7.01. The fourth-order valence-electron chi connectivity index (χ4n) is 2.71. The smallest absolute Gasteiger partial charge is 0.337 e. The molecule has 0 spiro atoms. The van der Waals surface area contributed by atoms with E-state index in [-0.39, 0.29) is 18.2 Å². The van der Waals surface area contributed by atoms with E-state index < -0.39 is 5.97 Å². The van der Waals surface area contributed by atoms with Gasteiger partial charge in [-0.15, -0.1) is 0 Å². The predicted octanol–water partition coefficient (Wildman–Crippen LogP) is 3.39. The maximum absolute atomic E-state index is 12.7. The highest BCUT2D eigenvalue weighted by molar-refractivity contribution is 8.26. The van der Waals surface area contributed by atoms with E-state index in [9.17, 15) is 14.4 Å². The number of nitrogens with zero attached hydrogens (tertiary/aromatic N) is 2. The molecule has 2 heterocycles. The summed E-state index contributed by atoms with van der Waals surface area (Å²) in [6.45, 7) is 2.08. The van der Waals surface area contributed by atoms with Gasteiger partial charge < -0.3 is 14.6 Å². The van der Waals surface area contributed by atoms with Gasteiger partial charge in [0.2, 0.25) is 5.91 Å². The third-order valence-corrected chi connectivity index (χ3v) is 5.56. The molecule has 1 N–H and O–H groups in total. The highest BCUT2D eigenvalue weighted by atomic mass is 32.2. The zero-order valence-corrected chi connectivity index (χ0v) is 18.0. The van der Waals surface area contributed by atoms with Crippen molar-refractivity contribution in [1.82, 2.24) is 10.1 Å².